The molecule has 0 saturated carbocycles. The molecular weight excluding hydrogens is 237 g/mol. The van der Waals surface area contributed by atoms with Gasteiger partial charge in [-0.05, 0) is 18.4 Å². The quantitative estimate of drug-likeness (QED) is 0.686. The van der Waals surface area contributed by atoms with Crippen molar-refractivity contribution in [2.45, 2.75) is 18.9 Å². The van der Waals surface area contributed by atoms with Gasteiger partial charge in [0.05, 0.1) is 12.0 Å². The summed E-state index contributed by atoms with van der Waals surface area (Å²) < 4.78 is 0. The molecule has 1 heterocycles. The molecule has 0 bridgehead atoms. The molecule has 1 unspecified atom stereocenters. The monoisotopic (exact) mass is 253 g/mol. The number of carbonyl (C=O) groups is 1. The molecule has 0 aliphatic rings. The van der Waals surface area contributed by atoms with Gasteiger partial charge in [0.25, 0.3) is 0 Å². The van der Waals surface area contributed by atoms with Crippen molar-refractivity contribution in [3.05, 3.63) is 42.4 Å². The Bertz CT molecular complexity index is 528. The summed E-state index contributed by atoms with van der Waals surface area (Å²) in [6.07, 6.45) is 4.47. The van der Waals surface area contributed by atoms with Crippen molar-refractivity contribution in [2.75, 3.05) is 0 Å². The van der Waals surface area contributed by atoms with Crippen LogP contribution >= 0.6 is 0 Å². The first-order valence-electron chi connectivity index (χ1n) is 5.74. The van der Waals surface area contributed by atoms with E-state index in [9.17, 15) is 4.79 Å². The van der Waals surface area contributed by atoms with Gasteiger partial charge in [-0.1, -0.05) is 24.3 Å². The molecule has 19 heavy (non-hydrogen) atoms. The van der Waals surface area contributed by atoms with E-state index in [4.69, 9.17) is 10.8 Å². The molecule has 5 nitrogen and oxygen atoms in total. The van der Waals surface area contributed by atoms with Gasteiger partial charge in [-0.15, -0.1) is 0 Å². The topological polar surface area (TPSA) is 92.0 Å². The zero-order valence-electron chi connectivity index (χ0n) is 9.84. The number of hydrogen-bond acceptors (Lipinski definition) is 3. The first-order chi connectivity index (χ1) is 8.68. The minimum absolute atomic E-state index is 0. The fourth-order valence-electron chi connectivity index (χ4n) is 1.83. The molecule has 1 aromatic carbocycles. The van der Waals surface area contributed by atoms with Gasteiger partial charge in [-0.25, -0.2) is 4.98 Å². The molecule has 1 aromatic heterocycles. The van der Waals surface area contributed by atoms with E-state index >= 15 is 0 Å². The number of nitrogens with zero attached hydrogens (tertiary/aromatic N) is 1. The van der Waals surface area contributed by atoms with Gasteiger partial charge in [-0.3, -0.25) is 4.79 Å². The number of carboxylic acid groups (broad SMARTS) is 1. The van der Waals surface area contributed by atoms with Crippen LogP contribution in [0.2, 0.25) is 0 Å². The molecule has 0 fully saturated rings. The Hall–Kier alpha value is -1.54. The molecule has 2 rings (SSSR count). The van der Waals surface area contributed by atoms with E-state index in [1.807, 2.05) is 30.5 Å². The van der Waals surface area contributed by atoms with E-state index in [1.165, 1.54) is 0 Å². The predicted octanol–water partition coefficient (Wildman–Crippen LogP) is 0.773. The first-order valence-corrected chi connectivity index (χ1v) is 5.74. The second-order valence-corrected chi connectivity index (χ2v) is 4.09. The van der Waals surface area contributed by atoms with Gasteiger partial charge in [0.1, 0.15) is 6.04 Å². The van der Waals surface area contributed by atoms with Gasteiger partial charge < -0.3 is 15.8 Å². The van der Waals surface area contributed by atoms with E-state index in [-0.39, 0.29) is 18.9 Å². The van der Waals surface area contributed by atoms with Crippen LogP contribution in [0.25, 0.3) is 11.3 Å². The predicted molar refractivity (Wildman–Crippen MR) is 75.1 cm³/mol. The Labute approximate surface area is 123 Å². The number of aromatic nitrogens is 2. The molecule has 0 amide bonds. The molecule has 0 radical (unpaired) electrons. The molecule has 1 atom stereocenters. The number of nitrogens with two attached hydrogens (primary N) is 1. The molecule has 96 valence electrons. The minimum atomic E-state index is -0.966. The van der Waals surface area contributed by atoms with Gasteiger partial charge in [0.15, 0.2) is 0 Å². The summed E-state index contributed by atoms with van der Waals surface area (Å²) in [5, 5.41) is 8.77. The van der Waals surface area contributed by atoms with Crippen LogP contribution in [-0.4, -0.2) is 45.9 Å². The Morgan fingerprint density at radius 3 is 2.79 bits per heavy atom. The van der Waals surface area contributed by atoms with Crippen LogP contribution in [-0.2, 0) is 11.2 Å². The third kappa shape index (κ3) is 3.96. The summed E-state index contributed by atoms with van der Waals surface area (Å²) in [7, 11) is 0. The van der Waals surface area contributed by atoms with E-state index in [0.29, 0.717) is 12.8 Å². The van der Waals surface area contributed by atoms with E-state index in [0.717, 1.165) is 16.8 Å². The molecule has 4 N–H and O–H groups in total. The fourth-order valence-corrected chi connectivity index (χ4v) is 1.83. The summed E-state index contributed by atoms with van der Waals surface area (Å²) in [6.45, 7) is 0. The number of aryl methyl sites for hydroxylation is 1. The maximum absolute atomic E-state index is 10.7. The van der Waals surface area contributed by atoms with E-state index in [1.54, 1.807) is 6.33 Å². The Morgan fingerprint density at radius 2 is 2.16 bits per heavy atom. The summed E-state index contributed by atoms with van der Waals surface area (Å²) in [5.74, 6) is -0.966. The number of benzene rings is 1. The van der Waals surface area contributed by atoms with Crippen molar-refractivity contribution in [3.63, 3.8) is 0 Å². The van der Waals surface area contributed by atoms with Gasteiger partial charge in [-0.2, -0.15) is 0 Å². The molecule has 0 spiro atoms. The van der Waals surface area contributed by atoms with E-state index in [2.05, 4.69) is 9.97 Å². The number of nitrogens with one attached hydrogen (secondary N) is 1. The summed E-state index contributed by atoms with van der Waals surface area (Å²) in [4.78, 5) is 17.8. The normalized spacial score (nSPS) is 11.6. The standard InChI is InChI=1S/C13H15N3O2.Li.H/c14-11(13(17)18)6-5-9-3-1-2-4-10(9)12-7-15-8-16-12;;/h1-4,7-8,11H,5-6,14H2,(H,15,16)(H,17,18);;. The summed E-state index contributed by atoms with van der Waals surface area (Å²) in [6, 6.07) is 6.98. The maximum atomic E-state index is 10.7. The van der Waals surface area contributed by atoms with Crippen molar-refractivity contribution >= 4 is 24.8 Å². The van der Waals surface area contributed by atoms with Crippen LogP contribution in [0.3, 0.4) is 0 Å². The van der Waals surface area contributed by atoms with Crippen molar-refractivity contribution in [1.82, 2.24) is 9.97 Å². The van der Waals surface area contributed by atoms with Crippen LogP contribution in [0, 0.1) is 0 Å². The summed E-state index contributed by atoms with van der Waals surface area (Å²) in [5.41, 5.74) is 8.44. The van der Waals surface area contributed by atoms with Crippen LogP contribution in [0.5, 0.6) is 0 Å². The second kappa shape index (κ2) is 7.15. The first kappa shape index (κ1) is 15.5. The van der Waals surface area contributed by atoms with Crippen LogP contribution in [0.1, 0.15) is 12.0 Å². The average molecular weight is 253 g/mol. The molecule has 0 saturated heterocycles. The number of hydrogen-bond donors (Lipinski definition) is 3. The Kier molecular flexibility index (Phi) is 5.84. The fraction of sp³-hybridized carbons (Fsp3) is 0.231. The second-order valence-electron chi connectivity index (χ2n) is 4.09. The van der Waals surface area contributed by atoms with Crippen molar-refractivity contribution in [2.24, 2.45) is 5.73 Å². The Balaban J connectivity index is 0.00000180. The van der Waals surface area contributed by atoms with Crippen LogP contribution < -0.4 is 5.73 Å². The van der Waals surface area contributed by atoms with Crippen molar-refractivity contribution in [3.8, 4) is 11.3 Å². The molecular formula is C13H16LiN3O2. The Morgan fingerprint density at radius 1 is 1.42 bits per heavy atom. The van der Waals surface area contributed by atoms with Crippen LogP contribution in [0.4, 0.5) is 0 Å². The number of H-pyrrole nitrogens is 1. The number of imidazole rings is 1. The third-order valence-electron chi connectivity index (χ3n) is 2.83. The molecule has 6 heteroatoms. The van der Waals surface area contributed by atoms with Crippen molar-refractivity contribution in [1.29, 1.82) is 0 Å². The molecule has 0 aliphatic heterocycles. The van der Waals surface area contributed by atoms with E-state index < -0.39 is 12.0 Å². The summed E-state index contributed by atoms with van der Waals surface area (Å²) >= 11 is 0. The molecule has 2 aromatic rings. The SMILES string of the molecule is NC(CCc1ccccc1-c1c[nH]cn1)C(=O)O.[LiH]. The number of aromatic amines is 1. The number of aliphatic carboxylic acids is 1. The zero-order chi connectivity index (χ0) is 13.0. The van der Waals surface area contributed by atoms with Gasteiger partial charge >= 0.3 is 24.8 Å². The number of rotatable bonds is 5. The number of carboxylic acids is 1. The zero-order valence-corrected chi connectivity index (χ0v) is 9.84. The van der Waals surface area contributed by atoms with Gasteiger partial charge in [0, 0.05) is 11.8 Å². The van der Waals surface area contributed by atoms with Gasteiger partial charge in [0.2, 0.25) is 0 Å². The van der Waals surface area contributed by atoms with Crippen molar-refractivity contribution < 1.29 is 9.90 Å². The average Bonchev–Trinajstić information content (AvgIpc) is 2.89. The molecule has 0 aliphatic carbocycles. The third-order valence-corrected chi connectivity index (χ3v) is 2.83. The van der Waals surface area contributed by atoms with Crippen LogP contribution in [0.15, 0.2) is 36.8 Å².